The van der Waals surface area contributed by atoms with Crippen LogP contribution in [0.4, 0.5) is 0 Å². The van der Waals surface area contributed by atoms with E-state index in [2.05, 4.69) is 20.8 Å². The summed E-state index contributed by atoms with van der Waals surface area (Å²) in [4.78, 5) is 10.7. The summed E-state index contributed by atoms with van der Waals surface area (Å²) in [5, 5.41) is 8.79. The van der Waals surface area contributed by atoms with E-state index in [4.69, 9.17) is 5.11 Å². The Balaban J connectivity index is 2.91. The van der Waals surface area contributed by atoms with Crippen molar-refractivity contribution in [2.24, 2.45) is 5.41 Å². The second kappa shape index (κ2) is 4.47. The minimum atomic E-state index is -0.767. The van der Waals surface area contributed by atoms with Gasteiger partial charge in [0.1, 0.15) is 0 Å². The minimum absolute atomic E-state index is 0.117. The van der Waals surface area contributed by atoms with Gasteiger partial charge in [0.05, 0.1) is 6.42 Å². The zero-order valence-corrected chi connectivity index (χ0v) is 9.58. The molecule has 0 aliphatic heterocycles. The molecular formula is C13H18O2. The van der Waals surface area contributed by atoms with E-state index in [0.29, 0.717) is 0 Å². The first-order valence-electron chi connectivity index (χ1n) is 5.17. The van der Waals surface area contributed by atoms with Crippen LogP contribution in [0, 0.1) is 5.41 Å². The van der Waals surface area contributed by atoms with E-state index in [9.17, 15) is 4.79 Å². The maximum absolute atomic E-state index is 10.7. The predicted octanol–water partition coefficient (Wildman–Crippen LogP) is 2.90. The molecule has 82 valence electrons. The van der Waals surface area contributed by atoms with Crippen molar-refractivity contribution in [2.75, 3.05) is 0 Å². The largest absolute Gasteiger partial charge is 0.481 e. The predicted molar refractivity (Wildman–Crippen MR) is 60.9 cm³/mol. The van der Waals surface area contributed by atoms with Crippen LogP contribution in [0.25, 0.3) is 0 Å². The van der Waals surface area contributed by atoms with Gasteiger partial charge in [-0.05, 0) is 23.0 Å². The summed E-state index contributed by atoms with van der Waals surface area (Å²) in [6.45, 7) is 6.47. The highest BCUT2D eigenvalue weighted by atomic mass is 16.4. The molecule has 0 atom stereocenters. The summed E-state index contributed by atoms with van der Waals surface area (Å²) >= 11 is 0. The Labute approximate surface area is 90.9 Å². The third-order valence-corrected chi connectivity index (χ3v) is 2.18. The second-order valence-corrected chi connectivity index (χ2v) is 5.08. The number of hydrogen-bond acceptors (Lipinski definition) is 1. The molecule has 2 heteroatoms. The van der Waals surface area contributed by atoms with Crippen molar-refractivity contribution < 1.29 is 9.90 Å². The second-order valence-electron chi connectivity index (χ2n) is 5.08. The van der Waals surface area contributed by atoms with Crippen molar-refractivity contribution in [3.8, 4) is 0 Å². The average Bonchev–Trinajstić information content (AvgIpc) is 2.05. The monoisotopic (exact) mass is 206 g/mol. The van der Waals surface area contributed by atoms with Gasteiger partial charge in [0.25, 0.3) is 0 Å². The molecule has 0 heterocycles. The van der Waals surface area contributed by atoms with Crippen LogP contribution in [0.3, 0.4) is 0 Å². The van der Waals surface area contributed by atoms with E-state index in [0.717, 1.165) is 17.5 Å². The molecule has 0 aliphatic carbocycles. The zero-order chi connectivity index (χ0) is 11.5. The summed E-state index contributed by atoms with van der Waals surface area (Å²) in [5.41, 5.74) is 2.27. The number of carboxylic acids is 1. The first-order chi connectivity index (χ1) is 6.88. The Morgan fingerprint density at radius 1 is 1.20 bits per heavy atom. The summed E-state index contributed by atoms with van der Waals surface area (Å²) in [5.74, 6) is -0.767. The van der Waals surface area contributed by atoms with Gasteiger partial charge in [-0.15, -0.1) is 0 Å². The van der Waals surface area contributed by atoms with Gasteiger partial charge >= 0.3 is 5.97 Å². The summed E-state index contributed by atoms with van der Waals surface area (Å²) in [6, 6.07) is 7.77. The van der Waals surface area contributed by atoms with Crippen LogP contribution in [0.2, 0.25) is 0 Å². The van der Waals surface area contributed by atoms with E-state index >= 15 is 0 Å². The van der Waals surface area contributed by atoms with Gasteiger partial charge in [-0.3, -0.25) is 4.79 Å². The molecule has 0 saturated heterocycles. The van der Waals surface area contributed by atoms with Crippen LogP contribution in [0.1, 0.15) is 31.9 Å². The molecule has 1 aromatic rings. The van der Waals surface area contributed by atoms with Gasteiger partial charge in [0.15, 0.2) is 0 Å². The Morgan fingerprint density at radius 2 is 1.73 bits per heavy atom. The van der Waals surface area contributed by atoms with Gasteiger partial charge in [0.2, 0.25) is 0 Å². The van der Waals surface area contributed by atoms with Crippen LogP contribution in [-0.4, -0.2) is 11.1 Å². The Bertz CT molecular complexity index is 348. The molecule has 0 bridgehead atoms. The van der Waals surface area contributed by atoms with Crippen molar-refractivity contribution in [3.05, 3.63) is 35.4 Å². The van der Waals surface area contributed by atoms with Gasteiger partial charge in [-0.25, -0.2) is 0 Å². The number of hydrogen-bond donors (Lipinski definition) is 1. The number of aliphatic carboxylic acids is 1. The molecule has 15 heavy (non-hydrogen) atoms. The first kappa shape index (κ1) is 11.8. The minimum Gasteiger partial charge on any atom is -0.481 e. The van der Waals surface area contributed by atoms with Gasteiger partial charge in [0, 0.05) is 0 Å². The van der Waals surface area contributed by atoms with Crippen LogP contribution < -0.4 is 0 Å². The Hall–Kier alpha value is -1.31. The van der Waals surface area contributed by atoms with Gasteiger partial charge in [-0.2, -0.15) is 0 Å². The quantitative estimate of drug-likeness (QED) is 0.825. The third-order valence-electron chi connectivity index (χ3n) is 2.18. The number of carbonyl (C=O) groups is 1. The van der Waals surface area contributed by atoms with Gasteiger partial charge < -0.3 is 5.11 Å². The van der Waals surface area contributed by atoms with E-state index in [1.807, 2.05) is 24.3 Å². The fourth-order valence-corrected chi connectivity index (χ4v) is 1.64. The fourth-order valence-electron chi connectivity index (χ4n) is 1.64. The Morgan fingerprint density at radius 3 is 2.20 bits per heavy atom. The number of rotatable bonds is 3. The van der Waals surface area contributed by atoms with Crippen LogP contribution in [0.5, 0.6) is 0 Å². The van der Waals surface area contributed by atoms with Crippen LogP contribution >= 0.6 is 0 Å². The van der Waals surface area contributed by atoms with Crippen molar-refractivity contribution in [1.82, 2.24) is 0 Å². The molecule has 0 aromatic heterocycles. The fraction of sp³-hybridized carbons (Fsp3) is 0.462. The molecule has 1 aromatic carbocycles. The summed E-state index contributed by atoms with van der Waals surface area (Å²) in [7, 11) is 0. The highest BCUT2D eigenvalue weighted by molar-refractivity contribution is 5.70. The SMILES string of the molecule is CC(C)(C)Cc1ccccc1CC(=O)O. The number of carboxylic acid groups (broad SMARTS) is 1. The molecule has 0 amide bonds. The summed E-state index contributed by atoms with van der Waals surface area (Å²) < 4.78 is 0. The normalized spacial score (nSPS) is 11.4. The molecule has 0 radical (unpaired) electrons. The lowest BCUT2D eigenvalue weighted by Crippen LogP contribution is -2.12. The molecule has 0 aliphatic rings. The lowest BCUT2D eigenvalue weighted by molar-refractivity contribution is -0.136. The highest BCUT2D eigenvalue weighted by Crippen LogP contribution is 2.23. The third kappa shape index (κ3) is 4.15. The van der Waals surface area contributed by atoms with Gasteiger partial charge in [-0.1, -0.05) is 45.0 Å². The van der Waals surface area contributed by atoms with E-state index in [1.165, 1.54) is 0 Å². The van der Waals surface area contributed by atoms with E-state index in [1.54, 1.807) is 0 Å². The van der Waals surface area contributed by atoms with Crippen molar-refractivity contribution in [3.63, 3.8) is 0 Å². The van der Waals surface area contributed by atoms with E-state index in [-0.39, 0.29) is 11.8 Å². The molecule has 0 fully saturated rings. The first-order valence-corrected chi connectivity index (χ1v) is 5.17. The van der Waals surface area contributed by atoms with Crippen LogP contribution in [0.15, 0.2) is 24.3 Å². The number of benzene rings is 1. The summed E-state index contributed by atoms with van der Waals surface area (Å²) in [6.07, 6.45) is 1.03. The standard InChI is InChI=1S/C13H18O2/c1-13(2,3)9-11-7-5-4-6-10(11)8-12(14)15/h4-7H,8-9H2,1-3H3,(H,14,15). The highest BCUT2D eigenvalue weighted by Gasteiger charge is 2.14. The van der Waals surface area contributed by atoms with Crippen molar-refractivity contribution >= 4 is 5.97 Å². The lowest BCUT2D eigenvalue weighted by atomic mass is 9.86. The molecule has 0 spiro atoms. The lowest BCUT2D eigenvalue weighted by Gasteiger charge is -2.20. The molecule has 1 rings (SSSR count). The average molecular weight is 206 g/mol. The molecule has 0 saturated carbocycles. The van der Waals surface area contributed by atoms with E-state index < -0.39 is 5.97 Å². The molecule has 0 unspecified atom stereocenters. The maximum atomic E-state index is 10.7. The zero-order valence-electron chi connectivity index (χ0n) is 9.58. The van der Waals surface area contributed by atoms with Crippen LogP contribution in [-0.2, 0) is 17.6 Å². The van der Waals surface area contributed by atoms with Crippen molar-refractivity contribution in [1.29, 1.82) is 0 Å². The molecule has 1 N–H and O–H groups in total. The Kier molecular flexibility index (Phi) is 3.51. The topological polar surface area (TPSA) is 37.3 Å². The smallest absolute Gasteiger partial charge is 0.307 e. The molecular weight excluding hydrogens is 188 g/mol. The maximum Gasteiger partial charge on any atom is 0.307 e. The van der Waals surface area contributed by atoms with Crippen molar-refractivity contribution in [2.45, 2.75) is 33.6 Å². The molecule has 2 nitrogen and oxygen atoms in total.